The lowest BCUT2D eigenvalue weighted by Gasteiger charge is -2.08. The van der Waals surface area contributed by atoms with Gasteiger partial charge < -0.3 is 0 Å². The van der Waals surface area contributed by atoms with Crippen molar-refractivity contribution in [3.05, 3.63) is 48.0 Å². The summed E-state index contributed by atoms with van der Waals surface area (Å²) in [5.74, 6) is 0.603. The highest BCUT2D eigenvalue weighted by Gasteiger charge is 2.02. The van der Waals surface area contributed by atoms with Gasteiger partial charge >= 0.3 is 0 Å². The Morgan fingerprint density at radius 3 is 1.88 bits per heavy atom. The first-order valence-electron chi connectivity index (χ1n) is 5.76. The van der Waals surface area contributed by atoms with Crippen molar-refractivity contribution < 1.29 is 0 Å². The van der Waals surface area contributed by atoms with Gasteiger partial charge in [-0.3, -0.25) is 0 Å². The molecule has 0 aliphatic heterocycles. The van der Waals surface area contributed by atoms with Gasteiger partial charge in [0.25, 0.3) is 0 Å². The Bertz CT molecular complexity index is 408. The topological polar surface area (TPSA) is 0 Å². The summed E-state index contributed by atoms with van der Waals surface area (Å²) in [7, 11) is 0. The summed E-state index contributed by atoms with van der Waals surface area (Å²) in [5, 5.41) is 2.73. The fourth-order valence-electron chi connectivity index (χ4n) is 1.75. The van der Waals surface area contributed by atoms with Gasteiger partial charge in [-0.15, -0.1) is 0 Å². The van der Waals surface area contributed by atoms with Crippen LogP contribution in [-0.4, -0.2) is 0 Å². The van der Waals surface area contributed by atoms with Crippen molar-refractivity contribution in [1.82, 2.24) is 0 Å². The average molecular weight is 232 g/mol. The van der Waals surface area contributed by atoms with Crippen LogP contribution in [0.1, 0.15) is 54.0 Å². The predicted octanol–water partition coefficient (Wildman–Crippen LogP) is 6.26. The molecule has 2 rings (SSSR count). The van der Waals surface area contributed by atoms with E-state index in [0.717, 1.165) is 0 Å². The second-order valence-corrected chi connectivity index (χ2v) is 3.72. The molecule has 0 nitrogen and oxygen atoms in total. The fourth-order valence-corrected chi connectivity index (χ4v) is 1.75. The van der Waals surface area contributed by atoms with Gasteiger partial charge in [-0.2, -0.15) is 0 Å². The van der Waals surface area contributed by atoms with Gasteiger partial charge in [0.05, 0.1) is 0 Å². The smallest absolute Gasteiger partial charge is 0.0149 e. The first-order valence-corrected chi connectivity index (χ1v) is 5.76. The van der Waals surface area contributed by atoms with Crippen molar-refractivity contribution in [3.63, 3.8) is 0 Å². The van der Waals surface area contributed by atoms with Crippen molar-refractivity contribution in [1.29, 1.82) is 0 Å². The largest absolute Gasteiger partial charge is 0.0776 e. The Balaban J connectivity index is 0. The second-order valence-electron chi connectivity index (χ2n) is 3.72. The Morgan fingerprint density at radius 2 is 1.29 bits per heavy atom. The van der Waals surface area contributed by atoms with Crippen LogP contribution in [-0.2, 0) is 0 Å². The molecule has 0 amide bonds. The van der Waals surface area contributed by atoms with Crippen molar-refractivity contribution in [3.8, 4) is 0 Å². The van der Waals surface area contributed by atoms with Crippen LogP contribution in [0.25, 0.3) is 10.8 Å². The highest BCUT2D eigenvalue weighted by atomic mass is 14.1. The van der Waals surface area contributed by atoms with E-state index < -0.39 is 0 Å². The summed E-state index contributed by atoms with van der Waals surface area (Å²) in [6.07, 6.45) is 0. The molecule has 0 spiro atoms. The third-order valence-electron chi connectivity index (χ3n) is 2.45. The van der Waals surface area contributed by atoms with E-state index in [0.29, 0.717) is 5.92 Å². The summed E-state index contributed by atoms with van der Waals surface area (Å²) >= 11 is 0. The van der Waals surface area contributed by atoms with E-state index in [1.807, 2.05) is 13.8 Å². The molecule has 0 unspecified atom stereocenters. The molecule has 0 bridgehead atoms. The summed E-state index contributed by atoms with van der Waals surface area (Å²) < 4.78 is 0. The molecule has 0 radical (unpaired) electrons. The fraction of sp³-hybridized carbons (Fsp3) is 0.412. The lowest BCUT2D eigenvalue weighted by Crippen LogP contribution is -1.88. The van der Waals surface area contributed by atoms with Gasteiger partial charge in [-0.1, -0.05) is 85.0 Å². The lowest BCUT2D eigenvalue weighted by atomic mass is 9.96. The van der Waals surface area contributed by atoms with Gasteiger partial charge in [0.2, 0.25) is 0 Å². The lowest BCUT2D eigenvalue weighted by molar-refractivity contribution is 0.876. The maximum absolute atomic E-state index is 2.24. The number of rotatable bonds is 1. The molecule has 0 N–H and O–H groups in total. The molecule has 0 heterocycles. The van der Waals surface area contributed by atoms with Crippen LogP contribution in [0.15, 0.2) is 42.5 Å². The molecule has 0 fully saturated rings. The Hall–Kier alpha value is -1.30. The van der Waals surface area contributed by atoms with E-state index in [2.05, 4.69) is 56.3 Å². The number of benzene rings is 2. The quantitative estimate of drug-likeness (QED) is 0.544. The first-order chi connectivity index (χ1) is 7.29. The number of hydrogen-bond acceptors (Lipinski definition) is 0. The molecular weight excluding hydrogens is 204 g/mol. The van der Waals surface area contributed by atoms with Crippen LogP contribution in [0.5, 0.6) is 0 Å². The zero-order valence-corrected chi connectivity index (χ0v) is 10.1. The minimum atomic E-state index is 0. The minimum absolute atomic E-state index is 0. The zero-order valence-electron chi connectivity index (χ0n) is 10.1. The normalized spacial score (nSPS) is 8.76. The summed E-state index contributed by atoms with van der Waals surface area (Å²) in [5.41, 5.74) is 1.44. The molecule has 0 aromatic heterocycles. The molecule has 0 saturated carbocycles. The monoisotopic (exact) mass is 232 g/mol. The van der Waals surface area contributed by atoms with Crippen LogP contribution in [0, 0.1) is 0 Å². The van der Waals surface area contributed by atoms with Crippen LogP contribution >= 0.6 is 0 Å². The third-order valence-corrected chi connectivity index (χ3v) is 2.45. The molecule has 0 atom stereocenters. The summed E-state index contributed by atoms with van der Waals surface area (Å²) in [6.45, 7) is 8.48. The number of fused-ring (bicyclic) bond motifs is 1. The molecule has 2 aromatic rings. The Morgan fingerprint density at radius 1 is 0.765 bits per heavy atom. The van der Waals surface area contributed by atoms with E-state index in [1.54, 1.807) is 0 Å². The predicted molar refractivity (Wildman–Crippen MR) is 82.8 cm³/mol. The van der Waals surface area contributed by atoms with Gasteiger partial charge in [0.15, 0.2) is 0 Å². The first kappa shape index (κ1) is 18.1. The van der Waals surface area contributed by atoms with Gasteiger partial charge in [-0.25, -0.2) is 0 Å². The molecule has 17 heavy (non-hydrogen) atoms. The van der Waals surface area contributed by atoms with Crippen LogP contribution in [0.4, 0.5) is 0 Å². The van der Waals surface area contributed by atoms with E-state index in [4.69, 9.17) is 0 Å². The average Bonchev–Trinajstić information content (AvgIpc) is 2.31. The van der Waals surface area contributed by atoms with E-state index in [-0.39, 0.29) is 14.9 Å². The molecule has 0 heteroatoms. The summed E-state index contributed by atoms with van der Waals surface area (Å²) in [4.78, 5) is 0. The van der Waals surface area contributed by atoms with Crippen molar-refractivity contribution in [2.24, 2.45) is 0 Å². The van der Waals surface area contributed by atoms with Gasteiger partial charge in [-0.05, 0) is 22.3 Å². The molecule has 0 aliphatic carbocycles. The van der Waals surface area contributed by atoms with E-state index in [1.165, 1.54) is 16.3 Å². The van der Waals surface area contributed by atoms with Crippen molar-refractivity contribution in [2.75, 3.05) is 0 Å². The highest BCUT2D eigenvalue weighted by Crippen LogP contribution is 2.24. The Kier molecular flexibility index (Phi) is 9.36. The molecular formula is C17H28. The van der Waals surface area contributed by atoms with Gasteiger partial charge in [0, 0.05) is 0 Å². The van der Waals surface area contributed by atoms with Crippen LogP contribution in [0.3, 0.4) is 0 Å². The Labute approximate surface area is 108 Å². The van der Waals surface area contributed by atoms with Gasteiger partial charge in [0.1, 0.15) is 0 Å². The van der Waals surface area contributed by atoms with Crippen molar-refractivity contribution in [2.45, 2.75) is 48.5 Å². The molecule has 96 valence electrons. The zero-order chi connectivity index (χ0) is 11.3. The van der Waals surface area contributed by atoms with Crippen molar-refractivity contribution >= 4 is 10.8 Å². The molecule has 2 aromatic carbocycles. The highest BCUT2D eigenvalue weighted by molar-refractivity contribution is 5.86. The standard InChI is InChI=1S/C13H14.C2H6.2CH4/c1-10(2)12-9-5-7-11-6-3-4-8-13(11)12;1-2;;/h3-10H,1-2H3;1-2H3;2*1H4. The maximum atomic E-state index is 2.24. The third kappa shape index (κ3) is 4.22. The van der Waals surface area contributed by atoms with Crippen LogP contribution < -0.4 is 0 Å². The minimum Gasteiger partial charge on any atom is -0.0776 e. The maximum Gasteiger partial charge on any atom is -0.0149 e. The summed E-state index contributed by atoms with van der Waals surface area (Å²) in [6, 6.07) is 15.1. The second kappa shape index (κ2) is 8.81. The molecule has 0 saturated heterocycles. The van der Waals surface area contributed by atoms with E-state index in [9.17, 15) is 0 Å². The number of hydrogen-bond donors (Lipinski definition) is 0. The SMILES string of the molecule is C.C.CC.CC(C)c1cccc2ccccc12. The van der Waals surface area contributed by atoms with E-state index >= 15 is 0 Å². The molecule has 0 aliphatic rings. The van der Waals surface area contributed by atoms with Crippen LogP contribution in [0.2, 0.25) is 0 Å².